The number of hydrogen-bond donors (Lipinski definition) is 0. The minimum atomic E-state index is -1.06. The van der Waals surface area contributed by atoms with Gasteiger partial charge in [-0.25, -0.2) is 9.18 Å². The smallest absolute Gasteiger partial charge is 0.444 e. The summed E-state index contributed by atoms with van der Waals surface area (Å²) in [5, 5.41) is 0. The van der Waals surface area contributed by atoms with Crippen molar-refractivity contribution in [2.75, 3.05) is 13.2 Å². The molecule has 0 aromatic carbocycles. The van der Waals surface area contributed by atoms with Crippen LogP contribution in [-0.2, 0) is 18.8 Å². The van der Waals surface area contributed by atoms with Gasteiger partial charge in [-0.15, -0.1) is 0 Å². The summed E-state index contributed by atoms with van der Waals surface area (Å²) in [6, 6.07) is 0. The van der Waals surface area contributed by atoms with Gasteiger partial charge in [0, 0.05) is 0 Å². The number of hydrogen-bond acceptors (Lipinski definition) is 5. The quantitative estimate of drug-likeness (QED) is 0.682. The summed E-state index contributed by atoms with van der Waals surface area (Å²) in [6.07, 6.45) is 2.17. The molecule has 3 aliphatic rings. The molecule has 2 saturated heterocycles. The van der Waals surface area contributed by atoms with E-state index in [9.17, 15) is 9.18 Å². The summed E-state index contributed by atoms with van der Waals surface area (Å²) >= 11 is 0. The zero-order valence-corrected chi connectivity index (χ0v) is 17.4. The van der Waals surface area contributed by atoms with Crippen molar-refractivity contribution in [2.24, 2.45) is 0 Å². The molecule has 1 spiro atoms. The molecular weight excluding hydrogens is 352 g/mol. The second-order valence-corrected chi connectivity index (χ2v) is 9.80. The maximum atomic E-state index is 14.8. The predicted octanol–water partition coefficient (Wildman–Crippen LogP) is 3.64. The fourth-order valence-electron chi connectivity index (χ4n) is 3.22. The highest BCUT2D eigenvalue weighted by atomic mass is 19.1. The van der Waals surface area contributed by atoms with Gasteiger partial charge in [0.25, 0.3) is 0 Å². The fourth-order valence-corrected chi connectivity index (χ4v) is 3.22. The van der Waals surface area contributed by atoms with Crippen molar-refractivity contribution in [3.63, 3.8) is 0 Å². The molecule has 6 nitrogen and oxygen atoms in total. The van der Waals surface area contributed by atoms with Crippen LogP contribution >= 0.6 is 0 Å². The fraction of sp³-hybridized carbons (Fsp3) is 0.842. The van der Waals surface area contributed by atoms with Gasteiger partial charge in [-0.1, -0.05) is 0 Å². The zero-order chi connectivity index (χ0) is 20.3. The van der Waals surface area contributed by atoms with Crippen LogP contribution in [0.2, 0.25) is 0 Å². The Balaban J connectivity index is 1.69. The molecule has 2 aliphatic heterocycles. The van der Waals surface area contributed by atoms with E-state index in [1.165, 1.54) is 6.08 Å². The second kappa shape index (κ2) is 6.46. The Bertz CT molecular complexity index is 623. The van der Waals surface area contributed by atoms with E-state index in [4.69, 9.17) is 18.8 Å². The van der Waals surface area contributed by atoms with Crippen LogP contribution in [0, 0.1) is 0 Å². The van der Waals surface area contributed by atoms with E-state index in [1.807, 2.05) is 48.5 Å². The first kappa shape index (κ1) is 20.6. The normalized spacial score (nSPS) is 29.2. The lowest BCUT2D eigenvalue weighted by Crippen LogP contribution is -2.55. The summed E-state index contributed by atoms with van der Waals surface area (Å²) in [4.78, 5) is 14.3. The number of amides is 1. The molecule has 1 amide bonds. The predicted molar refractivity (Wildman–Crippen MR) is 99.9 cm³/mol. The van der Waals surface area contributed by atoms with E-state index >= 15 is 0 Å². The van der Waals surface area contributed by atoms with Crippen LogP contribution in [0.25, 0.3) is 0 Å². The molecule has 152 valence electrons. The Kier molecular flexibility index (Phi) is 4.93. The molecule has 2 heterocycles. The first-order chi connectivity index (χ1) is 12.2. The van der Waals surface area contributed by atoms with Crippen LogP contribution in [0.4, 0.5) is 9.18 Å². The summed E-state index contributed by atoms with van der Waals surface area (Å²) in [6.45, 7) is 13.6. The van der Waals surface area contributed by atoms with E-state index in [0.717, 1.165) is 12.8 Å². The summed E-state index contributed by atoms with van der Waals surface area (Å²) in [5.41, 5.74) is -2.64. The number of nitrogens with zero attached hydrogens (tertiary/aromatic N) is 1. The van der Waals surface area contributed by atoms with Gasteiger partial charge in [0.15, 0.2) is 0 Å². The SMILES string of the molecule is CC(C)(C)OC(=O)N1CC(C=C(F)B2OC(C)(C)C(C)(C)O2)OCC12CC2. The molecule has 1 unspecified atom stereocenters. The molecule has 3 rings (SSSR count). The first-order valence-electron chi connectivity index (χ1n) is 9.60. The van der Waals surface area contributed by atoms with Gasteiger partial charge in [-0.05, 0) is 67.4 Å². The van der Waals surface area contributed by atoms with Gasteiger partial charge in [-0.3, -0.25) is 4.90 Å². The third kappa shape index (κ3) is 4.17. The Morgan fingerprint density at radius 2 is 1.74 bits per heavy atom. The van der Waals surface area contributed by atoms with Crippen LogP contribution in [0.3, 0.4) is 0 Å². The average Bonchev–Trinajstić information content (AvgIpc) is 3.21. The van der Waals surface area contributed by atoms with Crippen molar-refractivity contribution in [3.05, 3.63) is 11.8 Å². The molecular formula is C19H31BFNO5. The molecule has 8 heteroatoms. The van der Waals surface area contributed by atoms with Gasteiger partial charge in [0.2, 0.25) is 0 Å². The summed E-state index contributed by atoms with van der Waals surface area (Å²) < 4.78 is 37.6. The topological polar surface area (TPSA) is 57.2 Å². The van der Waals surface area contributed by atoms with Gasteiger partial charge in [-0.2, -0.15) is 0 Å². The molecule has 1 aliphatic carbocycles. The van der Waals surface area contributed by atoms with Crippen molar-refractivity contribution in [1.82, 2.24) is 4.90 Å². The number of ether oxygens (including phenoxy) is 2. The number of rotatable bonds is 2. The minimum Gasteiger partial charge on any atom is -0.444 e. The van der Waals surface area contributed by atoms with E-state index in [2.05, 4.69) is 0 Å². The third-order valence-corrected chi connectivity index (χ3v) is 5.77. The summed E-state index contributed by atoms with van der Waals surface area (Å²) in [5.74, 6) is 0. The van der Waals surface area contributed by atoms with Crippen molar-refractivity contribution in [1.29, 1.82) is 0 Å². The van der Waals surface area contributed by atoms with Crippen molar-refractivity contribution in [3.8, 4) is 0 Å². The molecule has 0 N–H and O–H groups in total. The number of halogens is 1. The number of carbonyl (C=O) groups is 1. The summed E-state index contributed by atoms with van der Waals surface area (Å²) in [7, 11) is -1.06. The van der Waals surface area contributed by atoms with E-state index in [0.29, 0.717) is 6.61 Å². The minimum absolute atomic E-state index is 0.252. The molecule has 27 heavy (non-hydrogen) atoms. The molecule has 0 aromatic heterocycles. The highest BCUT2D eigenvalue weighted by Gasteiger charge is 2.56. The first-order valence-corrected chi connectivity index (χ1v) is 9.60. The Morgan fingerprint density at radius 1 is 1.19 bits per heavy atom. The highest BCUT2D eigenvalue weighted by Crippen LogP contribution is 2.45. The molecule has 0 aromatic rings. The van der Waals surface area contributed by atoms with Gasteiger partial charge >= 0.3 is 13.2 Å². The highest BCUT2D eigenvalue weighted by molar-refractivity contribution is 6.53. The van der Waals surface area contributed by atoms with Gasteiger partial charge in [0.1, 0.15) is 11.3 Å². The molecule has 1 atom stereocenters. The maximum absolute atomic E-state index is 14.8. The average molecular weight is 383 g/mol. The van der Waals surface area contributed by atoms with E-state index in [1.54, 1.807) is 4.90 Å². The maximum Gasteiger partial charge on any atom is 0.524 e. The molecule has 3 fully saturated rings. The monoisotopic (exact) mass is 383 g/mol. The van der Waals surface area contributed by atoms with Crippen molar-refractivity contribution in [2.45, 2.75) is 89.8 Å². The Morgan fingerprint density at radius 3 is 2.22 bits per heavy atom. The van der Waals surface area contributed by atoms with Gasteiger partial charge in [0.05, 0.1) is 36.0 Å². The van der Waals surface area contributed by atoms with Crippen molar-refractivity contribution < 1.29 is 28.0 Å². The third-order valence-electron chi connectivity index (χ3n) is 5.77. The lowest BCUT2D eigenvalue weighted by Gasteiger charge is -2.40. The zero-order valence-electron chi connectivity index (χ0n) is 17.4. The molecule has 1 saturated carbocycles. The van der Waals surface area contributed by atoms with Crippen LogP contribution < -0.4 is 0 Å². The Labute approximate surface area is 161 Å². The van der Waals surface area contributed by atoms with Crippen LogP contribution in [0.15, 0.2) is 11.8 Å². The molecule has 0 bridgehead atoms. The molecule has 0 radical (unpaired) electrons. The number of morpholine rings is 1. The van der Waals surface area contributed by atoms with Gasteiger partial charge < -0.3 is 18.8 Å². The lowest BCUT2D eigenvalue weighted by atomic mass is 9.87. The van der Waals surface area contributed by atoms with E-state index < -0.39 is 35.8 Å². The van der Waals surface area contributed by atoms with Crippen LogP contribution in [0.1, 0.15) is 61.3 Å². The van der Waals surface area contributed by atoms with Crippen LogP contribution in [-0.4, -0.2) is 59.7 Å². The lowest BCUT2D eigenvalue weighted by molar-refractivity contribution is -0.0632. The number of carbonyl (C=O) groups excluding carboxylic acids is 1. The van der Waals surface area contributed by atoms with Crippen LogP contribution in [0.5, 0.6) is 0 Å². The van der Waals surface area contributed by atoms with E-state index in [-0.39, 0.29) is 18.2 Å². The second-order valence-electron chi connectivity index (χ2n) is 9.80. The standard InChI is InChI=1S/C19H31BFNO5/c1-16(2,3)25-15(23)22-11-13(24-12-19(22)8-9-19)10-14(21)20-26-17(4,5)18(6,7)27-20/h10,13H,8-9,11-12H2,1-7H3. The largest absolute Gasteiger partial charge is 0.524 e. The Hall–Kier alpha value is -1.12. The van der Waals surface area contributed by atoms with Crippen molar-refractivity contribution >= 4 is 13.2 Å².